The summed E-state index contributed by atoms with van der Waals surface area (Å²) in [5, 5.41) is 11.1. The molecule has 0 saturated heterocycles. The predicted molar refractivity (Wildman–Crippen MR) is 96.8 cm³/mol. The van der Waals surface area contributed by atoms with Gasteiger partial charge in [0.1, 0.15) is 11.6 Å². The summed E-state index contributed by atoms with van der Waals surface area (Å²) in [6, 6.07) is 4.32. The Morgan fingerprint density at radius 2 is 2.00 bits per heavy atom. The second kappa shape index (κ2) is 7.30. The van der Waals surface area contributed by atoms with Crippen LogP contribution in [0.5, 0.6) is 5.75 Å². The Hall–Kier alpha value is -2.65. The summed E-state index contributed by atoms with van der Waals surface area (Å²) in [5.74, 6) is -1.56. The van der Waals surface area contributed by atoms with E-state index in [9.17, 15) is 14.3 Å². The Kier molecular flexibility index (Phi) is 5.53. The summed E-state index contributed by atoms with van der Waals surface area (Å²) >= 11 is 0. The SMILES string of the molecule is [C-]#[N+]c1ccc2c(O)c([C@H](OC(C)(C)C)C(=O)OCC)c(C)c(F)c2c1. The Bertz CT molecular complexity index is 894. The summed E-state index contributed by atoms with van der Waals surface area (Å²) in [6.07, 6.45) is -1.27. The van der Waals surface area contributed by atoms with Crippen molar-refractivity contribution in [2.75, 3.05) is 6.61 Å². The number of hydrogen-bond acceptors (Lipinski definition) is 4. The third kappa shape index (κ3) is 3.78. The van der Waals surface area contributed by atoms with E-state index in [1.807, 2.05) is 0 Å². The first-order chi connectivity index (χ1) is 12.1. The van der Waals surface area contributed by atoms with Crippen LogP contribution in [0.2, 0.25) is 0 Å². The van der Waals surface area contributed by atoms with Crippen molar-refractivity contribution in [1.29, 1.82) is 0 Å². The topological polar surface area (TPSA) is 60.1 Å². The minimum absolute atomic E-state index is 0.0407. The van der Waals surface area contributed by atoms with Crippen LogP contribution >= 0.6 is 0 Å². The number of fused-ring (bicyclic) bond motifs is 1. The average Bonchev–Trinajstić information content (AvgIpc) is 2.57. The number of carbonyl (C=O) groups excluding carboxylic acids is 1. The number of nitrogens with zero attached hydrogens (tertiary/aromatic N) is 1. The van der Waals surface area contributed by atoms with Crippen LogP contribution in [0.3, 0.4) is 0 Å². The van der Waals surface area contributed by atoms with E-state index in [0.717, 1.165) is 0 Å². The van der Waals surface area contributed by atoms with Gasteiger partial charge in [-0.15, -0.1) is 0 Å². The first-order valence-corrected chi connectivity index (χ1v) is 8.27. The molecule has 2 aromatic carbocycles. The van der Waals surface area contributed by atoms with Gasteiger partial charge in [0, 0.05) is 16.3 Å². The van der Waals surface area contributed by atoms with E-state index in [1.54, 1.807) is 27.7 Å². The smallest absolute Gasteiger partial charge is 0.340 e. The Balaban J connectivity index is 2.76. The van der Waals surface area contributed by atoms with Gasteiger partial charge in [0.2, 0.25) is 0 Å². The molecule has 0 fully saturated rings. The van der Waals surface area contributed by atoms with Crippen molar-refractivity contribution in [2.45, 2.75) is 46.3 Å². The molecular formula is C20H22FNO4. The minimum Gasteiger partial charge on any atom is -0.507 e. The number of esters is 1. The highest BCUT2D eigenvalue weighted by molar-refractivity contribution is 5.95. The van der Waals surface area contributed by atoms with E-state index in [-0.39, 0.29) is 39.9 Å². The highest BCUT2D eigenvalue weighted by Gasteiger charge is 2.34. The lowest BCUT2D eigenvalue weighted by molar-refractivity contribution is -0.167. The monoisotopic (exact) mass is 359 g/mol. The average molecular weight is 359 g/mol. The molecule has 0 unspecified atom stereocenters. The summed E-state index contributed by atoms with van der Waals surface area (Å²) in [5.41, 5.74) is -0.343. The van der Waals surface area contributed by atoms with E-state index >= 15 is 0 Å². The summed E-state index contributed by atoms with van der Waals surface area (Å²) < 4.78 is 25.8. The highest BCUT2D eigenvalue weighted by atomic mass is 19.1. The van der Waals surface area contributed by atoms with Crippen LogP contribution in [0.4, 0.5) is 10.1 Å². The second-order valence-corrected chi connectivity index (χ2v) is 6.91. The molecule has 1 atom stereocenters. The van der Waals surface area contributed by atoms with Crippen LogP contribution < -0.4 is 0 Å². The normalized spacial score (nSPS) is 12.7. The number of hydrogen-bond donors (Lipinski definition) is 1. The fourth-order valence-electron chi connectivity index (χ4n) is 2.75. The molecule has 6 heteroatoms. The molecule has 2 aromatic rings. The lowest BCUT2D eigenvalue weighted by Gasteiger charge is -2.28. The van der Waals surface area contributed by atoms with Gasteiger partial charge in [-0.1, -0.05) is 12.1 Å². The van der Waals surface area contributed by atoms with Crippen molar-refractivity contribution in [3.63, 3.8) is 0 Å². The number of aromatic hydroxyl groups is 1. The van der Waals surface area contributed by atoms with Gasteiger partial charge in [0.05, 0.1) is 18.8 Å². The van der Waals surface area contributed by atoms with Crippen molar-refractivity contribution in [2.24, 2.45) is 0 Å². The zero-order chi connectivity index (χ0) is 19.6. The molecule has 0 aliphatic carbocycles. The predicted octanol–water partition coefficient (Wildman–Crippen LogP) is 4.96. The molecule has 26 heavy (non-hydrogen) atoms. The molecule has 0 radical (unpaired) electrons. The van der Waals surface area contributed by atoms with Crippen LogP contribution in [0.15, 0.2) is 18.2 Å². The third-order valence-corrected chi connectivity index (χ3v) is 3.85. The van der Waals surface area contributed by atoms with Gasteiger partial charge in [0.15, 0.2) is 11.8 Å². The largest absolute Gasteiger partial charge is 0.507 e. The van der Waals surface area contributed by atoms with E-state index in [0.29, 0.717) is 0 Å². The molecule has 0 bridgehead atoms. The molecule has 138 valence electrons. The molecule has 0 aromatic heterocycles. The lowest BCUT2D eigenvalue weighted by Crippen LogP contribution is -2.29. The van der Waals surface area contributed by atoms with Crippen molar-refractivity contribution >= 4 is 22.4 Å². The quantitative estimate of drug-likeness (QED) is 0.619. The highest BCUT2D eigenvalue weighted by Crippen LogP contribution is 2.41. The molecule has 0 amide bonds. The molecule has 5 nitrogen and oxygen atoms in total. The van der Waals surface area contributed by atoms with Gasteiger partial charge in [-0.2, -0.15) is 0 Å². The van der Waals surface area contributed by atoms with Crippen LogP contribution in [0, 0.1) is 19.3 Å². The van der Waals surface area contributed by atoms with Gasteiger partial charge in [-0.25, -0.2) is 14.0 Å². The van der Waals surface area contributed by atoms with E-state index in [4.69, 9.17) is 16.0 Å². The van der Waals surface area contributed by atoms with Crippen molar-refractivity contribution in [3.8, 4) is 5.75 Å². The fourth-order valence-corrected chi connectivity index (χ4v) is 2.75. The number of phenols is 1. The van der Waals surface area contributed by atoms with Gasteiger partial charge in [-0.05, 0) is 46.2 Å². The van der Waals surface area contributed by atoms with Crippen LogP contribution in [0.1, 0.15) is 44.9 Å². The van der Waals surface area contributed by atoms with Crippen molar-refractivity contribution < 1.29 is 23.8 Å². The van der Waals surface area contributed by atoms with Gasteiger partial charge in [-0.3, -0.25) is 0 Å². The number of carbonyl (C=O) groups is 1. The molecule has 0 heterocycles. The number of rotatable bonds is 4. The molecule has 1 N–H and O–H groups in total. The van der Waals surface area contributed by atoms with Gasteiger partial charge in [0.25, 0.3) is 0 Å². The van der Waals surface area contributed by atoms with E-state index < -0.39 is 23.5 Å². The zero-order valence-electron chi connectivity index (χ0n) is 15.5. The number of phenolic OH excluding ortho intramolecular Hbond substituents is 1. The first-order valence-electron chi connectivity index (χ1n) is 8.27. The maximum absolute atomic E-state index is 15.0. The van der Waals surface area contributed by atoms with Gasteiger partial charge < -0.3 is 14.6 Å². The van der Waals surface area contributed by atoms with E-state index in [2.05, 4.69) is 4.85 Å². The van der Waals surface area contributed by atoms with Crippen LogP contribution in [-0.2, 0) is 14.3 Å². The van der Waals surface area contributed by atoms with E-state index in [1.165, 1.54) is 25.1 Å². The Labute approximate surface area is 152 Å². The minimum atomic E-state index is -1.27. The third-order valence-electron chi connectivity index (χ3n) is 3.85. The molecular weight excluding hydrogens is 337 g/mol. The molecule has 0 aliphatic rings. The van der Waals surface area contributed by atoms with Gasteiger partial charge >= 0.3 is 5.97 Å². The standard InChI is InChI=1S/C20H22FNO4/c1-7-25-19(24)18(26-20(3,4)5)15-11(2)16(21)14-10-12(22-6)8-9-13(14)17(15)23/h8-10,18,23H,7H2,1-5H3/t18-/m0/s1. The summed E-state index contributed by atoms with van der Waals surface area (Å²) in [4.78, 5) is 15.7. The van der Waals surface area contributed by atoms with Crippen molar-refractivity contribution in [3.05, 3.63) is 46.6 Å². The first kappa shape index (κ1) is 19.7. The Morgan fingerprint density at radius 3 is 2.54 bits per heavy atom. The number of benzene rings is 2. The Morgan fingerprint density at radius 1 is 1.35 bits per heavy atom. The van der Waals surface area contributed by atoms with Crippen molar-refractivity contribution in [1.82, 2.24) is 0 Å². The zero-order valence-corrected chi connectivity index (χ0v) is 15.5. The molecule has 0 aliphatic heterocycles. The number of halogens is 1. The summed E-state index contributed by atoms with van der Waals surface area (Å²) in [7, 11) is 0. The van der Waals surface area contributed by atoms with Crippen LogP contribution in [-0.4, -0.2) is 23.3 Å². The van der Waals surface area contributed by atoms with Crippen LogP contribution in [0.25, 0.3) is 15.6 Å². The maximum Gasteiger partial charge on any atom is 0.340 e. The molecule has 2 rings (SSSR count). The molecule has 0 saturated carbocycles. The number of ether oxygens (including phenoxy) is 2. The molecule has 0 spiro atoms. The summed E-state index contributed by atoms with van der Waals surface area (Å²) in [6.45, 7) is 15.6. The maximum atomic E-state index is 15.0. The second-order valence-electron chi connectivity index (χ2n) is 6.91. The fraction of sp³-hybridized carbons (Fsp3) is 0.400. The lowest BCUT2D eigenvalue weighted by atomic mass is 9.94.